The van der Waals surface area contributed by atoms with Crippen molar-refractivity contribution < 1.29 is 4.74 Å². The van der Waals surface area contributed by atoms with E-state index in [9.17, 15) is 0 Å². The molecule has 0 saturated carbocycles. The van der Waals surface area contributed by atoms with Crippen LogP contribution in [0.25, 0.3) is 0 Å². The Morgan fingerprint density at radius 1 is 1.55 bits per heavy atom. The number of nitrogens with one attached hydrogen (secondary N) is 1. The zero-order chi connectivity index (χ0) is 14.8. The molecule has 0 aliphatic carbocycles. The highest BCUT2D eigenvalue weighted by atomic mass is 16.5. The van der Waals surface area contributed by atoms with Crippen LogP contribution in [0.5, 0.6) is 0 Å². The van der Waals surface area contributed by atoms with E-state index in [0.29, 0.717) is 6.04 Å². The van der Waals surface area contributed by atoms with Gasteiger partial charge >= 0.3 is 0 Å². The third-order valence-corrected chi connectivity index (χ3v) is 3.67. The van der Waals surface area contributed by atoms with E-state index < -0.39 is 0 Å². The Morgan fingerprint density at radius 2 is 2.30 bits per heavy atom. The Bertz CT molecular complexity index is 447. The molecule has 1 aliphatic rings. The van der Waals surface area contributed by atoms with Crippen LogP contribution in [0, 0.1) is 0 Å². The zero-order valence-corrected chi connectivity index (χ0v) is 13.3. The average Bonchev–Trinajstić information content (AvgIpc) is 2.37. The normalized spacial score (nSPS) is 23.6. The lowest BCUT2D eigenvalue weighted by molar-refractivity contribution is -0.0751. The molecule has 1 aliphatic heterocycles. The maximum atomic E-state index is 5.96. The first kappa shape index (κ1) is 15.3. The smallest absolute Gasteiger partial charge is 0.128 e. The Morgan fingerprint density at radius 3 is 2.95 bits per heavy atom. The van der Waals surface area contributed by atoms with Crippen molar-refractivity contribution in [3.63, 3.8) is 0 Å². The molecule has 1 fully saturated rings. The minimum atomic E-state index is -0.122. The molecule has 20 heavy (non-hydrogen) atoms. The van der Waals surface area contributed by atoms with Gasteiger partial charge in [0.15, 0.2) is 0 Å². The van der Waals surface area contributed by atoms with E-state index in [0.717, 1.165) is 25.5 Å². The second kappa shape index (κ2) is 6.10. The number of hydrogen-bond donors (Lipinski definition) is 1. The third-order valence-electron chi connectivity index (χ3n) is 3.67. The van der Waals surface area contributed by atoms with Gasteiger partial charge in [-0.15, -0.1) is 0 Å². The number of rotatable bonds is 4. The van der Waals surface area contributed by atoms with Crippen LogP contribution in [-0.4, -0.2) is 36.3 Å². The van der Waals surface area contributed by atoms with Crippen LogP contribution in [0.3, 0.4) is 0 Å². The summed E-state index contributed by atoms with van der Waals surface area (Å²) in [6, 6.07) is 4.64. The molecule has 1 saturated heterocycles. The molecule has 1 N–H and O–H groups in total. The molecule has 1 aromatic heterocycles. The van der Waals surface area contributed by atoms with Crippen LogP contribution < -0.4 is 10.2 Å². The minimum Gasteiger partial charge on any atom is -0.369 e. The standard InChI is InChI=1S/C16H27N3O/c1-6-17-13(3)14-7-8-18-15(9-14)19-10-12(2)20-16(4,5)11-19/h7-9,12-13,17H,6,10-11H2,1-5H3. The van der Waals surface area contributed by atoms with Gasteiger partial charge in [-0.3, -0.25) is 0 Å². The third kappa shape index (κ3) is 3.70. The topological polar surface area (TPSA) is 37.4 Å². The molecule has 2 rings (SSSR count). The van der Waals surface area contributed by atoms with Crippen LogP contribution in [0.15, 0.2) is 18.3 Å². The molecule has 0 spiro atoms. The van der Waals surface area contributed by atoms with Gasteiger partial charge in [-0.2, -0.15) is 0 Å². The van der Waals surface area contributed by atoms with Crippen molar-refractivity contribution in [2.75, 3.05) is 24.5 Å². The van der Waals surface area contributed by atoms with E-state index in [2.05, 4.69) is 62.0 Å². The first-order valence-electron chi connectivity index (χ1n) is 7.53. The van der Waals surface area contributed by atoms with E-state index in [1.54, 1.807) is 0 Å². The monoisotopic (exact) mass is 277 g/mol. The molecule has 4 nitrogen and oxygen atoms in total. The average molecular weight is 277 g/mol. The van der Waals surface area contributed by atoms with Crippen molar-refractivity contribution in [3.05, 3.63) is 23.9 Å². The van der Waals surface area contributed by atoms with Gasteiger partial charge in [0.25, 0.3) is 0 Å². The molecule has 0 amide bonds. The summed E-state index contributed by atoms with van der Waals surface area (Å²) < 4.78 is 5.96. The van der Waals surface area contributed by atoms with Gasteiger partial charge in [0.2, 0.25) is 0 Å². The second-order valence-electron chi connectivity index (χ2n) is 6.30. The molecule has 0 bridgehead atoms. The Labute approximate surface area is 122 Å². The van der Waals surface area contributed by atoms with Gasteiger partial charge in [0, 0.05) is 25.3 Å². The summed E-state index contributed by atoms with van der Waals surface area (Å²) in [5.41, 5.74) is 1.16. The van der Waals surface area contributed by atoms with Crippen LogP contribution in [0.2, 0.25) is 0 Å². The predicted octanol–water partition coefficient (Wildman–Crippen LogP) is 2.76. The van der Waals surface area contributed by atoms with Gasteiger partial charge in [0.05, 0.1) is 11.7 Å². The number of nitrogens with zero attached hydrogens (tertiary/aromatic N) is 2. The molecule has 112 valence electrons. The summed E-state index contributed by atoms with van der Waals surface area (Å²) in [5, 5.41) is 3.45. The molecule has 4 heteroatoms. The highest BCUT2D eigenvalue weighted by Crippen LogP contribution is 2.26. The SMILES string of the molecule is CCNC(C)c1ccnc(N2CC(C)OC(C)(C)C2)c1. The number of aromatic nitrogens is 1. The predicted molar refractivity (Wildman–Crippen MR) is 83.2 cm³/mol. The Hall–Kier alpha value is -1.13. The van der Waals surface area contributed by atoms with Gasteiger partial charge in [-0.05, 0) is 51.9 Å². The summed E-state index contributed by atoms with van der Waals surface area (Å²) >= 11 is 0. The maximum absolute atomic E-state index is 5.96. The summed E-state index contributed by atoms with van der Waals surface area (Å²) in [7, 11) is 0. The second-order valence-corrected chi connectivity index (χ2v) is 6.30. The van der Waals surface area contributed by atoms with Crippen molar-refractivity contribution >= 4 is 5.82 Å². The summed E-state index contributed by atoms with van der Waals surface area (Å²) in [4.78, 5) is 6.88. The number of anilines is 1. The van der Waals surface area contributed by atoms with Crippen molar-refractivity contribution in [1.82, 2.24) is 10.3 Å². The fourth-order valence-corrected chi connectivity index (χ4v) is 2.93. The van der Waals surface area contributed by atoms with Crippen LogP contribution in [-0.2, 0) is 4.74 Å². The lowest BCUT2D eigenvalue weighted by Crippen LogP contribution is -2.52. The maximum Gasteiger partial charge on any atom is 0.128 e. The van der Waals surface area contributed by atoms with Gasteiger partial charge in [-0.25, -0.2) is 4.98 Å². The molecule has 0 radical (unpaired) electrons. The highest BCUT2D eigenvalue weighted by Gasteiger charge is 2.32. The lowest BCUT2D eigenvalue weighted by Gasteiger charge is -2.42. The van der Waals surface area contributed by atoms with Gasteiger partial charge < -0.3 is 15.0 Å². The molecule has 2 heterocycles. The Balaban J connectivity index is 2.18. The van der Waals surface area contributed by atoms with Gasteiger partial charge in [-0.1, -0.05) is 6.92 Å². The van der Waals surface area contributed by atoms with Gasteiger partial charge in [0.1, 0.15) is 5.82 Å². The molecular weight excluding hydrogens is 250 g/mol. The van der Waals surface area contributed by atoms with E-state index in [-0.39, 0.29) is 11.7 Å². The molecule has 0 aromatic carbocycles. The Kier molecular flexibility index (Phi) is 4.66. The summed E-state index contributed by atoms with van der Waals surface area (Å²) in [5.74, 6) is 1.05. The summed E-state index contributed by atoms with van der Waals surface area (Å²) in [6.07, 6.45) is 2.14. The van der Waals surface area contributed by atoms with Crippen molar-refractivity contribution in [3.8, 4) is 0 Å². The first-order valence-corrected chi connectivity index (χ1v) is 7.53. The molecule has 2 unspecified atom stereocenters. The van der Waals surface area contributed by atoms with Crippen molar-refractivity contribution in [2.24, 2.45) is 0 Å². The zero-order valence-electron chi connectivity index (χ0n) is 13.3. The van der Waals surface area contributed by atoms with Crippen LogP contribution >= 0.6 is 0 Å². The molecule has 1 aromatic rings. The number of pyridine rings is 1. The molecular formula is C16H27N3O. The fraction of sp³-hybridized carbons (Fsp3) is 0.688. The summed E-state index contributed by atoms with van der Waals surface area (Å²) in [6.45, 7) is 13.5. The fourth-order valence-electron chi connectivity index (χ4n) is 2.93. The van der Waals surface area contributed by atoms with Crippen molar-refractivity contribution in [2.45, 2.75) is 52.4 Å². The number of morpholine rings is 1. The van der Waals surface area contributed by atoms with Crippen LogP contribution in [0.1, 0.15) is 46.2 Å². The quantitative estimate of drug-likeness (QED) is 0.918. The highest BCUT2D eigenvalue weighted by molar-refractivity contribution is 5.43. The first-order chi connectivity index (χ1) is 9.41. The van der Waals surface area contributed by atoms with Crippen molar-refractivity contribution in [1.29, 1.82) is 0 Å². The minimum absolute atomic E-state index is 0.122. The number of ether oxygens (including phenoxy) is 1. The largest absolute Gasteiger partial charge is 0.369 e. The molecule has 2 atom stereocenters. The van der Waals surface area contributed by atoms with E-state index in [1.165, 1.54) is 5.56 Å². The number of hydrogen-bond acceptors (Lipinski definition) is 4. The van der Waals surface area contributed by atoms with E-state index in [1.807, 2.05) is 6.20 Å². The van der Waals surface area contributed by atoms with E-state index in [4.69, 9.17) is 4.74 Å². The lowest BCUT2D eigenvalue weighted by atomic mass is 10.0. The van der Waals surface area contributed by atoms with Crippen LogP contribution in [0.4, 0.5) is 5.82 Å². The van der Waals surface area contributed by atoms with E-state index >= 15 is 0 Å².